The van der Waals surface area contributed by atoms with Crippen molar-refractivity contribution in [2.24, 2.45) is 0 Å². The molecule has 11 heteroatoms. The number of alkyl halides is 3. The number of halogens is 4. The van der Waals surface area contributed by atoms with Crippen LogP contribution in [0.25, 0.3) is 27.9 Å². The molecule has 0 spiro atoms. The van der Waals surface area contributed by atoms with E-state index in [9.17, 15) is 13.2 Å². The average Bonchev–Trinajstić information content (AvgIpc) is 3.17. The van der Waals surface area contributed by atoms with E-state index in [1.54, 1.807) is 24.3 Å². The summed E-state index contributed by atoms with van der Waals surface area (Å²) >= 11 is 5.70. The summed E-state index contributed by atoms with van der Waals surface area (Å²) < 4.78 is 48.4. The van der Waals surface area contributed by atoms with Crippen LogP contribution in [0.2, 0.25) is 5.22 Å². The second-order valence-corrected chi connectivity index (χ2v) is 5.40. The molecule has 0 aliphatic rings. The zero-order chi connectivity index (χ0) is 17.6. The topological polar surface area (TPSA) is 78.3 Å². The molecule has 25 heavy (non-hydrogen) atoms. The predicted octanol–water partition coefficient (Wildman–Crippen LogP) is 3.53. The third-order valence-corrected chi connectivity index (χ3v) is 3.49. The second-order valence-electron chi connectivity index (χ2n) is 5.03. The molecule has 1 aromatic carbocycles. The zero-order valence-corrected chi connectivity index (χ0v) is 12.9. The highest BCUT2D eigenvalue weighted by Crippen LogP contribution is 2.30. The van der Waals surface area contributed by atoms with Crippen molar-refractivity contribution in [3.8, 4) is 17.4 Å². The lowest BCUT2D eigenvalue weighted by Crippen LogP contribution is -2.20. The molecule has 0 radical (unpaired) electrons. The zero-order valence-electron chi connectivity index (χ0n) is 12.2. The number of hydrogen-bond donors (Lipinski definition) is 0. The van der Waals surface area contributed by atoms with Gasteiger partial charge in [0.05, 0.1) is 0 Å². The van der Waals surface area contributed by atoms with E-state index in [4.69, 9.17) is 20.9 Å². The summed E-state index contributed by atoms with van der Waals surface area (Å²) in [5.41, 5.74) is 0.575. The minimum Gasteiger partial charge on any atom is -0.467 e. The maximum atomic E-state index is 12.5. The highest BCUT2D eigenvalue weighted by atomic mass is 35.5. The highest BCUT2D eigenvalue weighted by Gasteiger charge is 2.29. The molecule has 0 bridgehead atoms. The van der Waals surface area contributed by atoms with Gasteiger partial charge in [-0.3, -0.25) is 0 Å². The van der Waals surface area contributed by atoms with E-state index in [0.29, 0.717) is 16.4 Å². The number of aromatic nitrogens is 5. The summed E-state index contributed by atoms with van der Waals surface area (Å²) in [5, 5.41) is 16.8. The largest absolute Gasteiger partial charge is 0.467 e. The molecule has 0 atom stereocenters. The Labute approximate surface area is 141 Å². The molecule has 0 saturated carbocycles. The predicted molar refractivity (Wildman–Crippen MR) is 80.3 cm³/mol. The van der Waals surface area contributed by atoms with Gasteiger partial charge in [0, 0.05) is 16.8 Å². The lowest BCUT2D eigenvalue weighted by atomic mass is 10.2. The molecule has 0 unspecified atom stereocenters. The van der Waals surface area contributed by atoms with Gasteiger partial charge in [-0.25, -0.2) is 0 Å². The number of ether oxygens (including phenoxy) is 1. The van der Waals surface area contributed by atoms with Crippen LogP contribution < -0.4 is 4.74 Å². The van der Waals surface area contributed by atoms with Gasteiger partial charge in [0.15, 0.2) is 17.9 Å². The Bertz CT molecular complexity index is 1080. The van der Waals surface area contributed by atoms with Gasteiger partial charge in [-0.2, -0.15) is 17.7 Å². The number of hydrogen-bond acceptors (Lipinski definition) is 6. The van der Waals surface area contributed by atoms with Crippen LogP contribution in [0.4, 0.5) is 13.2 Å². The van der Waals surface area contributed by atoms with Crippen molar-refractivity contribution in [1.29, 1.82) is 0 Å². The Morgan fingerprint density at radius 3 is 2.60 bits per heavy atom. The van der Waals surface area contributed by atoms with E-state index < -0.39 is 12.8 Å². The normalized spacial score (nSPS) is 12.2. The Balaban J connectivity index is 1.93. The standard InChI is InChI=1S/C14H7ClF3N5O2/c15-10-5-9(22-25-10)12-20-19-11-7-3-1-2-4-8(7)13(21-23(11)12)24-6-14(16,17)18/h1-5H,6H2. The number of benzene rings is 1. The van der Waals surface area contributed by atoms with Crippen molar-refractivity contribution in [3.05, 3.63) is 35.6 Å². The molecule has 4 rings (SSSR count). The van der Waals surface area contributed by atoms with Crippen LogP contribution in [0.3, 0.4) is 0 Å². The molecular formula is C14H7ClF3N5O2. The Morgan fingerprint density at radius 1 is 1.16 bits per heavy atom. The van der Waals surface area contributed by atoms with Crippen molar-refractivity contribution in [2.75, 3.05) is 6.61 Å². The second kappa shape index (κ2) is 5.59. The van der Waals surface area contributed by atoms with E-state index in [2.05, 4.69) is 20.5 Å². The van der Waals surface area contributed by atoms with Crippen LogP contribution >= 0.6 is 11.6 Å². The van der Waals surface area contributed by atoms with E-state index in [1.807, 2.05) is 0 Å². The van der Waals surface area contributed by atoms with E-state index in [-0.39, 0.29) is 22.6 Å². The number of rotatable bonds is 3. The smallest absolute Gasteiger partial charge is 0.422 e. The first kappa shape index (κ1) is 15.6. The summed E-state index contributed by atoms with van der Waals surface area (Å²) in [6, 6.07) is 8.05. The minimum atomic E-state index is -4.49. The van der Waals surface area contributed by atoms with Gasteiger partial charge in [0.1, 0.15) is 0 Å². The van der Waals surface area contributed by atoms with Gasteiger partial charge in [-0.15, -0.1) is 15.3 Å². The maximum Gasteiger partial charge on any atom is 0.422 e. The van der Waals surface area contributed by atoms with Crippen LogP contribution in [0, 0.1) is 0 Å². The van der Waals surface area contributed by atoms with Crippen molar-refractivity contribution in [1.82, 2.24) is 25.0 Å². The van der Waals surface area contributed by atoms with E-state index >= 15 is 0 Å². The van der Waals surface area contributed by atoms with Crippen molar-refractivity contribution in [3.63, 3.8) is 0 Å². The molecule has 4 aromatic rings. The quantitative estimate of drug-likeness (QED) is 0.549. The molecular weight excluding hydrogens is 363 g/mol. The molecule has 0 N–H and O–H groups in total. The summed E-state index contributed by atoms with van der Waals surface area (Å²) in [6.45, 7) is -1.47. The van der Waals surface area contributed by atoms with E-state index in [0.717, 1.165) is 0 Å². The van der Waals surface area contributed by atoms with Crippen LogP contribution in [-0.2, 0) is 0 Å². The molecule has 0 saturated heterocycles. The van der Waals surface area contributed by atoms with Crippen molar-refractivity contribution in [2.45, 2.75) is 6.18 Å². The monoisotopic (exact) mass is 369 g/mol. The molecule has 3 aromatic heterocycles. The summed E-state index contributed by atoms with van der Waals surface area (Å²) in [6.07, 6.45) is -4.49. The van der Waals surface area contributed by atoms with Gasteiger partial charge in [0.25, 0.3) is 0 Å². The van der Waals surface area contributed by atoms with Crippen LogP contribution in [0.1, 0.15) is 0 Å². The molecule has 0 aliphatic heterocycles. The molecule has 0 aliphatic carbocycles. The Kier molecular flexibility index (Phi) is 3.49. The van der Waals surface area contributed by atoms with Crippen molar-refractivity contribution < 1.29 is 22.4 Å². The summed E-state index contributed by atoms with van der Waals surface area (Å²) in [7, 11) is 0. The highest BCUT2D eigenvalue weighted by molar-refractivity contribution is 6.29. The fourth-order valence-electron chi connectivity index (χ4n) is 2.33. The van der Waals surface area contributed by atoms with Crippen LogP contribution in [-0.4, -0.2) is 37.8 Å². The molecule has 0 fully saturated rings. The lowest BCUT2D eigenvalue weighted by molar-refractivity contribution is -0.153. The summed E-state index contributed by atoms with van der Waals surface area (Å²) in [5.74, 6) is -0.0377. The SMILES string of the molecule is FC(F)(F)COc1nn2c(-c3cc(Cl)on3)nnc2c2ccccc12. The maximum absolute atomic E-state index is 12.5. The van der Waals surface area contributed by atoms with Gasteiger partial charge in [-0.1, -0.05) is 23.4 Å². The fraction of sp³-hybridized carbons (Fsp3) is 0.143. The first-order valence-corrected chi connectivity index (χ1v) is 7.26. The molecule has 128 valence electrons. The molecule has 3 heterocycles. The third kappa shape index (κ3) is 2.84. The first-order chi connectivity index (χ1) is 11.9. The lowest BCUT2D eigenvalue weighted by Gasteiger charge is -2.11. The fourth-order valence-corrected chi connectivity index (χ4v) is 2.46. The first-order valence-electron chi connectivity index (χ1n) is 6.89. The minimum absolute atomic E-state index is 0.0288. The molecule has 0 amide bonds. The molecule has 7 nitrogen and oxygen atoms in total. The van der Waals surface area contributed by atoms with E-state index in [1.165, 1.54) is 10.6 Å². The average molecular weight is 370 g/mol. The Morgan fingerprint density at radius 2 is 1.92 bits per heavy atom. The Hall–Kier alpha value is -2.88. The summed E-state index contributed by atoms with van der Waals surface area (Å²) in [4.78, 5) is 0. The number of nitrogens with zero attached hydrogens (tertiary/aromatic N) is 5. The van der Waals surface area contributed by atoms with Crippen LogP contribution in [0.5, 0.6) is 5.88 Å². The van der Waals surface area contributed by atoms with Gasteiger partial charge in [-0.05, 0) is 17.7 Å². The van der Waals surface area contributed by atoms with Gasteiger partial charge >= 0.3 is 6.18 Å². The van der Waals surface area contributed by atoms with Crippen LogP contribution in [0.15, 0.2) is 34.9 Å². The third-order valence-electron chi connectivity index (χ3n) is 3.31. The van der Waals surface area contributed by atoms with Gasteiger partial charge < -0.3 is 9.26 Å². The number of fused-ring (bicyclic) bond motifs is 3. The van der Waals surface area contributed by atoms with Gasteiger partial charge in [0.2, 0.25) is 16.9 Å². The van der Waals surface area contributed by atoms with Crippen molar-refractivity contribution >= 4 is 28.0 Å².